The molecule has 0 fully saturated rings. The highest BCUT2D eigenvalue weighted by atomic mass is 35.5. The topological polar surface area (TPSA) is 81.4 Å². The van der Waals surface area contributed by atoms with Gasteiger partial charge in [-0.05, 0) is 29.8 Å². The van der Waals surface area contributed by atoms with Crippen LogP contribution < -0.4 is 4.72 Å². The molecule has 8 heteroatoms. The Bertz CT molecular complexity index is 971. The van der Waals surface area contributed by atoms with Gasteiger partial charge in [-0.3, -0.25) is 0 Å². The third kappa shape index (κ3) is 4.38. The lowest BCUT2D eigenvalue weighted by molar-refractivity contribution is 0.107. The number of benzene rings is 2. The molecule has 1 heterocycles. The number of sulfonamides is 1. The van der Waals surface area contributed by atoms with Crippen LogP contribution in [0.25, 0.3) is 11.0 Å². The van der Waals surface area contributed by atoms with E-state index >= 15 is 0 Å². The molecular weight excluding hydrogens is 364 g/mol. The van der Waals surface area contributed by atoms with Crippen LogP contribution in [0.4, 0.5) is 0 Å². The Morgan fingerprint density at radius 2 is 2.04 bits per heavy atom. The smallest absolute Gasteiger partial charge is 0.217 e. The van der Waals surface area contributed by atoms with Crippen molar-refractivity contribution >= 4 is 32.6 Å². The fraction of sp³-hybridized carbons (Fsp3) is 0.235. The minimum atomic E-state index is -3.60. The van der Waals surface area contributed by atoms with Gasteiger partial charge in [0, 0.05) is 24.1 Å². The maximum atomic E-state index is 12.4. The first kappa shape index (κ1) is 17.9. The molecule has 132 valence electrons. The van der Waals surface area contributed by atoms with Gasteiger partial charge >= 0.3 is 0 Å². The van der Waals surface area contributed by atoms with E-state index in [0.717, 1.165) is 5.56 Å². The Hall–Kier alpha value is -1.93. The van der Waals surface area contributed by atoms with Crippen LogP contribution >= 0.6 is 11.6 Å². The van der Waals surface area contributed by atoms with Crippen molar-refractivity contribution in [2.24, 2.45) is 0 Å². The molecule has 0 aliphatic rings. The van der Waals surface area contributed by atoms with E-state index in [9.17, 15) is 8.42 Å². The first-order valence-electron chi connectivity index (χ1n) is 7.57. The fourth-order valence-corrected chi connectivity index (χ4v) is 3.79. The molecule has 25 heavy (non-hydrogen) atoms. The Morgan fingerprint density at radius 3 is 2.80 bits per heavy atom. The van der Waals surface area contributed by atoms with Gasteiger partial charge in [0.2, 0.25) is 10.0 Å². The Morgan fingerprint density at radius 1 is 1.24 bits per heavy atom. The molecule has 3 rings (SSSR count). The van der Waals surface area contributed by atoms with E-state index in [-0.39, 0.29) is 12.3 Å². The highest BCUT2D eigenvalue weighted by molar-refractivity contribution is 7.88. The van der Waals surface area contributed by atoms with Crippen LogP contribution in [-0.4, -0.2) is 27.2 Å². The molecule has 0 saturated heterocycles. The third-order valence-corrected chi connectivity index (χ3v) is 5.27. The van der Waals surface area contributed by atoms with Crippen LogP contribution in [0.2, 0.25) is 5.02 Å². The van der Waals surface area contributed by atoms with Crippen molar-refractivity contribution < 1.29 is 17.7 Å². The van der Waals surface area contributed by atoms with Gasteiger partial charge in [0.1, 0.15) is 11.4 Å². The van der Waals surface area contributed by atoms with Crippen molar-refractivity contribution in [2.45, 2.75) is 11.9 Å². The first-order chi connectivity index (χ1) is 12.0. The number of aromatic nitrogens is 1. The molecule has 3 aromatic rings. The predicted molar refractivity (Wildman–Crippen MR) is 95.8 cm³/mol. The molecule has 0 unspecified atom stereocenters. The molecule has 6 nitrogen and oxygen atoms in total. The highest BCUT2D eigenvalue weighted by Gasteiger charge is 2.20. The fourth-order valence-electron chi connectivity index (χ4n) is 2.52. The summed E-state index contributed by atoms with van der Waals surface area (Å²) in [5.74, 6) is -0.268. The van der Waals surface area contributed by atoms with E-state index in [0.29, 0.717) is 21.7 Å². The van der Waals surface area contributed by atoms with Crippen LogP contribution in [0, 0.1) is 0 Å². The number of para-hydroxylation sites is 1. The molecule has 0 amide bonds. The zero-order valence-electron chi connectivity index (χ0n) is 13.5. The Balaban J connectivity index is 1.70. The summed E-state index contributed by atoms with van der Waals surface area (Å²) in [7, 11) is -2.09. The van der Waals surface area contributed by atoms with E-state index in [2.05, 4.69) is 9.88 Å². The monoisotopic (exact) mass is 380 g/mol. The summed E-state index contributed by atoms with van der Waals surface area (Å²) >= 11 is 5.97. The largest absolute Gasteiger partial charge is 0.375 e. The predicted octanol–water partition coefficient (Wildman–Crippen LogP) is 3.29. The number of hydrogen-bond donors (Lipinski definition) is 1. The lowest BCUT2D eigenvalue weighted by Gasteiger charge is -2.16. The molecule has 0 saturated carbocycles. The van der Waals surface area contributed by atoms with Gasteiger partial charge in [0.15, 0.2) is 5.58 Å². The van der Waals surface area contributed by atoms with Crippen LogP contribution in [0.3, 0.4) is 0 Å². The van der Waals surface area contributed by atoms with Crippen LogP contribution in [0.15, 0.2) is 53.1 Å². The van der Waals surface area contributed by atoms with Gasteiger partial charge in [0.25, 0.3) is 0 Å². The molecule has 1 aromatic heterocycles. The third-order valence-electron chi connectivity index (χ3n) is 3.77. The molecular formula is C17H17ClN2O4S. The van der Waals surface area contributed by atoms with Gasteiger partial charge in [-0.25, -0.2) is 13.1 Å². The van der Waals surface area contributed by atoms with Crippen LogP contribution in [0.5, 0.6) is 0 Å². The van der Waals surface area contributed by atoms with Crippen molar-refractivity contribution in [1.29, 1.82) is 0 Å². The van der Waals surface area contributed by atoms with Gasteiger partial charge < -0.3 is 9.26 Å². The van der Waals surface area contributed by atoms with E-state index in [1.807, 2.05) is 12.1 Å². The molecule has 0 spiro atoms. The standard InChI is InChI=1S/C17H17ClN2O4S/c1-23-17(12-5-4-6-13(18)9-12)10-19-25(21,22)11-15-14-7-2-3-8-16(14)24-20-15/h2-9,17,19H,10-11H2,1H3/t17-/m1/s1. The number of halogens is 1. The number of nitrogens with one attached hydrogen (secondary N) is 1. The number of fused-ring (bicyclic) bond motifs is 1. The van der Waals surface area contributed by atoms with Crippen LogP contribution in [-0.2, 0) is 20.5 Å². The zero-order chi connectivity index (χ0) is 17.9. The van der Waals surface area contributed by atoms with Crippen molar-refractivity contribution in [1.82, 2.24) is 9.88 Å². The van der Waals surface area contributed by atoms with Crippen molar-refractivity contribution in [3.05, 3.63) is 64.8 Å². The molecule has 2 aromatic carbocycles. The highest BCUT2D eigenvalue weighted by Crippen LogP contribution is 2.21. The quantitative estimate of drug-likeness (QED) is 0.680. The summed E-state index contributed by atoms with van der Waals surface area (Å²) in [6, 6.07) is 14.2. The molecule has 0 bridgehead atoms. The van der Waals surface area contributed by atoms with E-state index < -0.39 is 16.1 Å². The summed E-state index contributed by atoms with van der Waals surface area (Å²) in [5, 5.41) is 5.11. The number of methoxy groups -OCH3 is 1. The summed E-state index contributed by atoms with van der Waals surface area (Å²) in [6.07, 6.45) is -0.442. The molecule has 1 N–H and O–H groups in total. The van der Waals surface area contributed by atoms with E-state index in [1.165, 1.54) is 7.11 Å². The summed E-state index contributed by atoms with van der Waals surface area (Å²) in [5.41, 5.74) is 1.73. The van der Waals surface area contributed by atoms with Gasteiger partial charge in [-0.15, -0.1) is 0 Å². The van der Waals surface area contributed by atoms with Crippen molar-refractivity contribution in [3.8, 4) is 0 Å². The SMILES string of the molecule is CO[C@H](CNS(=O)(=O)Cc1noc2ccccc12)c1cccc(Cl)c1. The summed E-state index contributed by atoms with van der Waals surface area (Å²) in [4.78, 5) is 0. The number of ether oxygens (including phenoxy) is 1. The lowest BCUT2D eigenvalue weighted by atomic mass is 10.1. The molecule has 0 aliphatic heterocycles. The zero-order valence-corrected chi connectivity index (χ0v) is 15.0. The normalized spacial score (nSPS) is 13.2. The number of nitrogens with zero attached hydrogens (tertiary/aromatic N) is 1. The van der Waals surface area contributed by atoms with Crippen molar-refractivity contribution in [3.63, 3.8) is 0 Å². The number of rotatable bonds is 7. The lowest BCUT2D eigenvalue weighted by Crippen LogP contribution is -2.30. The van der Waals surface area contributed by atoms with Crippen molar-refractivity contribution in [2.75, 3.05) is 13.7 Å². The van der Waals surface area contributed by atoms with Crippen LogP contribution in [0.1, 0.15) is 17.4 Å². The molecule has 0 radical (unpaired) electrons. The van der Waals surface area contributed by atoms with Gasteiger partial charge in [0.05, 0.1) is 6.10 Å². The minimum Gasteiger partial charge on any atom is -0.375 e. The second kappa shape index (κ2) is 7.53. The van der Waals surface area contributed by atoms with Gasteiger partial charge in [-0.1, -0.05) is 41.0 Å². The van der Waals surface area contributed by atoms with E-state index in [4.69, 9.17) is 20.9 Å². The maximum absolute atomic E-state index is 12.4. The second-order valence-corrected chi connectivity index (χ2v) is 7.76. The minimum absolute atomic E-state index is 0.0922. The Labute approximate surface area is 150 Å². The average Bonchev–Trinajstić information content (AvgIpc) is 2.98. The maximum Gasteiger partial charge on any atom is 0.217 e. The Kier molecular flexibility index (Phi) is 5.39. The first-order valence-corrected chi connectivity index (χ1v) is 9.60. The average molecular weight is 381 g/mol. The van der Waals surface area contributed by atoms with Gasteiger partial charge in [-0.2, -0.15) is 0 Å². The summed E-state index contributed by atoms with van der Waals surface area (Å²) in [6.45, 7) is 0.0922. The number of hydrogen-bond acceptors (Lipinski definition) is 5. The van der Waals surface area contributed by atoms with E-state index in [1.54, 1.807) is 36.4 Å². The molecule has 0 aliphatic carbocycles. The second-order valence-electron chi connectivity index (χ2n) is 5.51. The summed E-state index contributed by atoms with van der Waals surface area (Å²) < 4.78 is 37.8. The molecule has 1 atom stereocenters.